The molecule has 1 aromatic carbocycles. The van der Waals surface area contributed by atoms with Gasteiger partial charge < -0.3 is 19.5 Å². The molecule has 2 aliphatic rings. The van der Waals surface area contributed by atoms with Crippen LogP contribution in [0.4, 0.5) is 5.69 Å². The highest BCUT2D eigenvalue weighted by Crippen LogP contribution is 2.39. The fraction of sp³-hybridized carbons (Fsp3) is 0.462. The van der Waals surface area contributed by atoms with Crippen molar-refractivity contribution in [2.24, 2.45) is 5.41 Å². The van der Waals surface area contributed by atoms with Gasteiger partial charge in [0.15, 0.2) is 11.5 Å². The lowest BCUT2D eigenvalue weighted by atomic mass is 9.90. The number of hydrogen-bond donors (Lipinski definition) is 1. The quantitative estimate of drug-likeness (QED) is 0.864. The van der Waals surface area contributed by atoms with E-state index in [9.17, 15) is 9.90 Å². The minimum Gasteiger partial charge on any atom is -0.481 e. The molecule has 0 saturated carbocycles. The average Bonchev–Trinajstić information content (AvgIpc) is 2.95. The van der Waals surface area contributed by atoms with Crippen LogP contribution < -0.4 is 14.4 Å². The fourth-order valence-electron chi connectivity index (χ4n) is 2.44. The maximum absolute atomic E-state index is 11.2. The summed E-state index contributed by atoms with van der Waals surface area (Å²) in [6.45, 7) is 3.33. The summed E-state index contributed by atoms with van der Waals surface area (Å²) < 4.78 is 10.6. The van der Waals surface area contributed by atoms with Crippen molar-refractivity contribution in [1.29, 1.82) is 0 Å². The van der Waals surface area contributed by atoms with Gasteiger partial charge in [0, 0.05) is 24.8 Å². The van der Waals surface area contributed by atoms with Crippen LogP contribution in [0.1, 0.15) is 13.3 Å². The number of ether oxygens (including phenoxy) is 2. The van der Waals surface area contributed by atoms with Crippen LogP contribution in [-0.4, -0.2) is 31.0 Å². The predicted octanol–water partition coefficient (Wildman–Crippen LogP) is 1.72. The topological polar surface area (TPSA) is 59.0 Å². The number of aliphatic carboxylic acids is 1. The Morgan fingerprint density at radius 3 is 2.89 bits per heavy atom. The molecular weight excluding hydrogens is 234 g/mol. The minimum absolute atomic E-state index is 0.256. The van der Waals surface area contributed by atoms with Crippen molar-refractivity contribution < 1.29 is 19.4 Å². The number of anilines is 1. The van der Waals surface area contributed by atoms with Gasteiger partial charge in [-0.25, -0.2) is 0 Å². The van der Waals surface area contributed by atoms with Gasteiger partial charge in [0.05, 0.1) is 5.41 Å². The summed E-state index contributed by atoms with van der Waals surface area (Å²) >= 11 is 0. The summed E-state index contributed by atoms with van der Waals surface area (Å²) in [5.74, 6) is 0.751. The number of rotatable bonds is 2. The van der Waals surface area contributed by atoms with Crippen LogP contribution in [0.2, 0.25) is 0 Å². The second kappa shape index (κ2) is 3.80. The second-order valence-electron chi connectivity index (χ2n) is 5.07. The van der Waals surface area contributed by atoms with Crippen LogP contribution in [0, 0.1) is 5.41 Å². The zero-order chi connectivity index (χ0) is 12.8. The van der Waals surface area contributed by atoms with Crippen molar-refractivity contribution in [3.05, 3.63) is 18.2 Å². The normalized spacial score (nSPS) is 25.5. The van der Waals surface area contributed by atoms with E-state index < -0.39 is 11.4 Å². The Morgan fingerprint density at radius 2 is 2.17 bits per heavy atom. The van der Waals surface area contributed by atoms with E-state index in [0.717, 1.165) is 23.7 Å². The number of hydrogen-bond acceptors (Lipinski definition) is 4. The Morgan fingerprint density at radius 1 is 1.39 bits per heavy atom. The van der Waals surface area contributed by atoms with Crippen molar-refractivity contribution in [1.82, 2.24) is 0 Å². The first-order chi connectivity index (χ1) is 8.58. The molecule has 1 N–H and O–H groups in total. The molecule has 0 bridgehead atoms. The van der Waals surface area contributed by atoms with E-state index in [1.165, 1.54) is 0 Å². The van der Waals surface area contributed by atoms with E-state index in [2.05, 4.69) is 4.90 Å². The highest BCUT2D eigenvalue weighted by atomic mass is 16.7. The van der Waals surface area contributed by atoms with Crippen LogP contribution in [0.25, 0.3) is 0 Å². The number of benzene rings is 1. The highest BCUT2D eigenvalue weighted by molar-refractivity contribution is 5.76. The smallest absolute Gasteiger partial charge is 0.311 e. The van der Waals surface area contributed by atoms with Gasteiger partial charge in [-0.3, -0.25) is 4.79 Å². The molecule has 1 atom stereocenters. The van der Waals surface area contributed by atoms with Crippen LogP contribution in [0.15, 0.2) is 18.2 Å². The molecule has 0 amide bonds. The van der Waals surface area contributed by atoms with Crippen molar-refractivity contribution in [3.8, 4) is 11.5 Å². The molecule has 1 fully saturated rings. The van der Waals surface area contributed by atoms with Crippen LogP contribution >= 0.6 is 0 Å². The molecule has 2 heterocycles. The van der Waals surface area contributed by atoms with E-state index in [1.807, 2.05) is 18.2 Å². The molecule has 96 valence electrons. The molecule has 5 nitrogen and oxygen atoms in total. The Bertz CT molecular complexity index is 502. The van der Waals surface area contributed by atoms with E-state index in [0.29, 0.717) is 13.0 Å². The third-order valence-corrected chi connectivity index (χ3v) is 3.71. The first-order valence-corrected chi connectivity index (χ1v) is 5.96. The van der Waals surface area contributed by atoms with Gasteiger partial charge in [-0.2, -0.15) is 0 Å². The van der Waals surface area contributed by atoms with Crippen LogP contribution in [0.3, 0.4) is 0 Å². The largest absolute Gasteiger partial charge is 0.481 e. The highest BCUT2D eigenvalue weighted by Gasteiger charge is 2.40. The van der Waals surface area contributed by atoms with Gasteiger partial charge in [0.1, 0.15) is 0 Å². The van der Waals surface area contributed by atoms with Gasteiger partial charge in [0.2, 0.25) is 6.79 Å². The Hall–Kier alpha value is -1.91. The van der Waals surface area contributed by atoms with Gasteiger partial charge in [0.25, 0.3) is 0 Å². The van der Waals surface area contributed by atoms with E-state index in [-0.39, 0.29) is 6.79 Å². The van der Waals surface area contributed by atoms with Gasteiger partial charge in [-0.1, -0.05) is 0 Å². The van der Waals surface area contributed by atoms with Crippen molar-refractivity contribution in [2.75, 3.05) is 24.8 Å². The monoisotopic (exact) mass is 249 g/mol. The molecule has 18 heavy (non-hydrogen) atoms. The average molecular weight is 249 g/mol. The third kappa shape index (κ3) is 1.66. The second-order valence-corrected chi connectivity index (χ2v) is 5.07. The molecule has 1 aromatic rings. The number of carboxylic acids is 1. The molecule has 2 aliphatic heterocycles. The lowest BCUT2D eigenvalue weighted by Gasteiger charge is -2.21. The van der Waals surface area contributed by atoms with Crippen molar-refractivity contribution in [3.63, 3.8) is 0 Å². The Kier molecular flexibility index (Phi) is 2.36. The molecule has 0 spiro atoms. The van der Waals surface area contributed by atoms with Gasteiger partial charge in [-0.15, -0.1) is 0 Å². The molecule has 0 aromatic heterocycles. The molecule has 5 heteroatoms. The maximum atomic E-state index is 11.2. The summed E-state index contributed by atoms with van der Waals surface area (Å²) in [4.78, 5) is 13.3. The maximum Gasteiger partial charge on any atom is 0.311 e. The van der Waals surface area contributed by atoms with E-state index >= 15 is 0 Å². The van der Waals surface area contributed by atoms with Crippen molar-refractivity contribution in [2.45, 2.75) is 13.3 Å². The standard InChI is InChI=1S/C13H15NO4/c1-13(12(15)16)4-5-14(7-13)9-2-3-10-11(6-9)18-8-17-10/h2-3,6H,4-5,7-8H2,1H3,(H,15,16). The number of fused-ring (bicyclic) bond motifs is 1. The van der Waals surface area contributed by atoms with Crippen molar-refractivity contribution >= 4 is 11.7 Å². The molecule has 0 aliphatic carbocycles. The van der Waals surface area contributed by atoms with Gasteiger partial charge >= 0.3 is 5.97 Å². The summed E-state index contributed by atoms with van der Waals surface area (Å²) in [5.41, 5.74) is 0.334. The molecule has 1 saturated heterocycles. The summed E-state index contributed by atoms with van der Waals surface area (Å²) in [6, 6.07) is 5.73. The van der Waals surface area contributed by atoms with Crippen LogP contribution in [-0.2, 0) is 4.79 Å². The Labute approximate surface area is 105 Å². The summed E-state index contributed by atoms with van der Waals surface area (Å²) in [6.07, 6.45) is 0.663. The lowest BCUT2D eigenvalue weighted by molar-refractivity contribution is -0.146. The molecule has 0 radical (unpaired) electrons. The first-order valence-electron chi connectivity index (χ1n) is 5.96. The molecule has 3 rings (SSSR count). The zero-order valence-electron chi connectivity index (χ0n) is 10.2. The first kappa shape index (κ1) is 11.2. The van der Waals surface area contributed by atoms with Crippen LogP contribution in [0.5, 0.6) is 11.5 Å². The molecular formula is C13H15NO4. The SMILES string of the molecule is CC1(C(=O)O)CCN(c2ccc3c(c2)OCO3)C1. The van der Waals surface area contributed by atoms with E-state index in [4.69, 9.17) is 9.47 Å². The summed E-state index contributed by atoms with van der Waals surface area (Å²) in [5, 5.41) is 9.22. The zero-order valence-corrected chi connectivity index (χ0v) is 10.2. The third-order valence-electron chi connectivity index (χ3n) is 3.71. The summed E-state index contributed by atoms with van der Waals surface area (Å²) in [7, 11) is 0. The predicted molar refractivity (Wildman–Crippen MR) is 65.1 cm³/mol. The lowest BCUT2D eigenvalue weighted by Crippen LogP contribution is -2.31. The Balaban J connectivity index is 1.83. The number of carboxylic acid groups (broad SMARTS) is 1. The van der Waals surface area contributed by atoms with E-state index in [1.54, 1.807) is 6.92 Å². The van der Waals surface area contributed by atoms with Gasteiger partial charge in [-0.05, 0) is 25.5 Å². The number of carbonyl (C=O) groups is 1. The molecule has 1 unspecified atom stereocenters. The minimum atomic E-state index is -0.731. The fourth-order valence-corrected chi connectivity index (χ4v) is 2.44. The number of nitrogens with zero attached hydrogens (tertiary/aromatic N) is 1.